The molecule has 0 aliphatic carbocycles. The van der Waals surface area contributed by atoms with Crippen molar-refractivity contribution in [3.8, 4) is 0 Å². The van der Waals surface area contributed by atoms with E-state index in [1.165, 1.54) is 38.4 Å². The van der Waals surface area contributed by atoms with Gasteiger partial charge in [-0.15, -0.1) is 0 Å². The molecule has 0 saturated carbocycles. The van der Waals surface area contributed by atoms with Gasteiger partial charge in [-0.2, -0.15) is 0 Å². The highest BCUT2D eigenvalue weighted by Gasteiger charge is 2.06. The van der Waals surface area contributed by atoms with E-state index in [0.717, 1.165) is 57.1 Å². The number of sulfone groups is 1. The van der Waals surface area contributed by atoms with E-state index in [9.17, 15) is 8.42 Å². The van der Waals surface area contributed by atoms with Crippen LogP contribution < -0.4 is 10.6 Å². The molecule has 1 aromatic carbocycles. The summed E-state index contributed by atoms with van der Waals surface area (Å²) >= 11 is 0. The van der Waals surface area contributed by atoms with Crippen LogP contribution in [0.25, 0.3) is 0 Å². The van der Waals surface area contributed by atoms with Crippen molar-refractivity contribution in [1.29, 1.82) is 0 Å². The summed E-state index contributed by atoms with van der Waals surface area (Å²) < 4.78 is 28.7. The average molecular weight is 426 g/mol. The van der Waals surface area contributed by atoms with E-state index in [1.54, 1.807) is 19.2 Å². The average Bonchev–Trinajstić information content (AvgIpc) is 2.70. The fourth-order valence-electron chi connectivity index (χ4n) is 2.92. The molecule has 0 saturated heterocycles. The van der Waals surface area contributed by atoms with Crippen molar-refractivity contribution < 1.29 is 13.2 Å². The molecule has 0 unspecified atom stereocenters. The van der Waals surface area contributed by atoms with E-state index < -0.39 is 9.84 Å². The maximum atomic E-state index is 11.5. The van der Waals surface area contributed by atoms with Gasteiger partial charge in [0.05, 0.1) is 4.90 Å². The molecule has 0 heterocycles. The Morgan fingerprint density at radius 3 is 2.21 bits per heavy atom. The minimum atomic E-state index is -3.14. The lowest BCUT2D eigenvalue weighted by molar-refractivity contribution is 0.128. The van der Waals surface area contributed by atoms with Gasteiger partial charge in [-0.25, -0.2) is 8.42 Å². The first-order valence-electron chi connectivity index (χ1n) is 10.8. The molecule has 0 aliphatic rings. The molecule has 29 heavy (non-hydrogen) atoms. The highest BCUT2D eigenvalue weighted by molar-refractivity contribution is 7.90. The largest absolute Gasteiger partial charge is 0.381 e. The van der Waals surface area contributed by atoms with Gasteiger partial charge in [0.1, 0.15) is 0 Å². The lowest BCUT2D eigenvalue weighted by Crippen LogP contribution is -2.39. The lowest BCUT2D eigenvalue weighted by Gasteiger charge is -2.12. The van der Waals surface area contributed by atoms with Gasteiger partial charge < -0.3 is 15.4 Å². The molecule has 0 atom stereocenters. The molecule has 7 heteroatoms. The van der Waals surface area contributed by atoms with Crippen LogP contribution in [0.5, 0.6) is 0 Å². The molecule has 0 bridgehead atoms. The summed E-state index contributed by atoms with van der Waals surface area (Å²) in [5.41, 5.74) is 1.09. The fourth-order valence-corrected chi connectivity index (χ4v) is 3.55. The molecule has 0 radical (unpaired) electrons. The Morgan fingerprint density at radius 1 is 0.931 bits per heavy atom. The standard InChI is InChI=1S/C22H39N3O3S/c1-4-5-6-7-8-9-18-28-19-10-16-24-22(23-2)25-17-15-20-11-13-21(14-12-20)29(3,26)27/h11-14H,4-10,15-19H2,1-3H3,(H2,23,24,25). The number of benzene rings is 1. The second kappa shape index (κ2) is 15.3. The van der Waals surface area contributed by atoms with Crippen LogP contribution in [0, 0.1) is 0 Å². The van der Waals surface area contributed by atoms with Crippen LogP contribution in [0.1, 0.15) is 57.4 Å². The number of ether oxygens (including phenoxy) is 1. The molecular weight excluding hydrogens is 386 g/mol. The monoisotopic (exact) mass is 425 g/mol. The highest BCUT2D eigenvalue weighted by atomic mass is 32.2. The van der Waals surface area contributed by atoms with Gasteiger partial charge in [0, 0.05) is 39.6 Å². The van der Waals surface area contributed by atoms with Crippen molar-refractivity contribution in [3.05, 3.63) is 29.8 Å². The number of nitrogens with zero attached hydrogens (tertiary/aromatic N) is 1. The van der Waals surface area contributed by atoms with Gasteiger partial charge in [0.15, 0.2) is 15.8 Å². The molecule has 0 fully saturated rings. The van der Waals surface area contributed by atoms with Gasteiger partial charge in [0.2, 0.25) is 0 Å². The SMILES string of the molecule is CCCCCCCCOCCCNC(=NC)NCCc1ccc(S(C)(=O)=O)cc1. The van der Waals surface area contributed by atoms with E-state index in [1.807, 2.05) is 12.1 Å². The summed E-state index contributed by atoms with van der Waals surface area (Å²) in [7, 11) is -1.38. The zero-order chi connectivity index (χ0) is 21.4. The zero-order valence-corrected chi connectivity index (χ0v) is 19.2. The van der Waals surface area contributed by atoms with E-state index in [4.69, 9.17) is 4.74 Å². The van der Waals surface area contributed by atoms with Crippen LogP contribution in [0.4, 0.5) is 0 Å². The predicted molar refractivity (Wildman–Crippen MR) is 121 cm³/mol. The third kappa shape index (κ3) is 12.5. The number of aliphatic imine (C=N–C) groups is 1. The van der Waals surface area contributed by atoms with Crippen LogP contribution in [0.2, 0.25) is 0 Å². The Labute approximate surface area is 177 Å². The molecule has 0 aliphatic heterocycles. The molecule has 0 amide bonds. The minimum Gasteiger partial charge on any atom is -0.381 e. The van der Waals surface area contributed by atoms with E-state index in [2.05, 4.69) is 22.5 Å². The Hall–Kier alpha value is -1.60. The van der Waals surface area contributed by atoms with Gasteiger partial charge in [0.25, 0.3) is 0 Å². The first-order valence-corrected chi connectivity index (χ1v) is 12.7. The first kappa shape index (κ1) is 25.4. The maximum Gasteiger partial charge on any atom is 0.190 e. The fraction of sp³-hybridized carbons (Fsp3) is 0.682. The third-order valence-electron chi connectivity index (χ3n) is 4.68. The van der Waals surface area contributed by atoms with Gasteiger partial charge in [-0.05, 0) is 37.0 Å². The molecular formula is C22H39N3O3S. The molecule has 1 aromatic rings. The molecule has 2 N–H and O–H groups in total. The number of hydrogen-bond donors (Lipinski definition) is 2. The first-order chi connectivity index (χ1) is 14.0. The number of rotatable bonds is 15. The Balaban J connectivity index is 2.07. The predicted octanol–water partition coefficient (Wildman–Crippen LogP) is 3.56. The summed E-state index contributed by atoms with van der Waals surface area (Å²) in [4.78, 5) is 4.57. The van der Waals surface area contributed by atoms with Crippen molar-refractivity contribution >= 4 is 15.8 Å². The van der Waals surface area contributed by atoms with Gasteiger partial charge in [-0.3, -0.25) is 4.99 Å². The molecule has 166 valence electrons. The smallest absolute Gasteiger partial charge is 0.190 e. The van der Waals surface area contributed by atoms with Crippen molar-refractivity contribution in [2.45, 2.75) is 63.2 Å². The zero-order valence-electron chi connectivity index (χ0n) is 18.4. The number of nitrogens with one attached hydrogen (secondary N) is 2. The Kier molecular flexibility index (Phi) is 13.4. The van der Waals surface area contributed by atoms with E-state index >= 15 is 0 Å². The Bertz CT molecular complexity index is 673. The summed E-state index contributed by atoms with van der Waals surface area (Å²) in [6, 6.07) is 7.02. The second-order valence-corrected chi connectivity index (χ2v) is 9.34. The van der Waals surface area contributed by atoms with Crippen molar-refractivity contribution in [3.63, 3.8) is 0 Å². The summed E-state index contributed by atoms with van der Waals surface area (Å²) in [5.74, 6) is 0.772. The third-order valence-corrected chi connectivity index (χ3v) is 5.81. The second-order valence-electron chi connectivity index (χ2n) is 7.33. The van der Waals surface area contributed by atoms with Crippen LogP contribution in [0.3, 0.4) is 0 Å². The van der Waals surface area contributed by atoms with Gasteiger partial charge in [-0.1, -0.05) is 51.2 Å². The van der Waals surface area contributed by atoms with Crippen LogP contribution in [0.15, 0.2) is 34.2 Å². The van der Waals surface area contributed by atoms with E-state index in [-0.39, 0.29) is 0 Å². The number of unbranched alkanes of at least 4 members (excludes halogenated alkanes) is 5. The number of guanidine groups is 1. The minimum absolute atomic E-state index is 0.352. The van der Waals surface area contributed by atoms with E-state index in [0.29, 0.717) is 4.90 Å². The maximum absolute atomic E-state index is 11.5. The summed E-state index contributed by atoms with van der Waals surface area (Å²) in [6.45, 7) is 5.41. The number of hydrogen-bond acceptors (Lipinski definition) is 4. The molecule has 6 nitrogen and oxygen atoms in total. The van der Waals surface area contributed by atoms with Crippen LogP contribution >= 0.6 is 0 Å². The molecule has 0 aromatic heterocycles. The molecule has 0 spiro atoms. The Morgan fingerprint density at radius 2 is 1.55 bits per heavy atom. The molecule has 1 rings (SSSR count). The van der Waals surface area contributed by atoms with Crippen LogP contribution in [-0.2, 0) is 21.0 Å². The lowest BCUT2D eigenvalue weighted by atomic mass is 10.1. The van der Waals surface area contributed by atoms with Crippen molar-refractivity contribution in [1.82, 2.24) is 10.6 Å². The summed E-state index contributed by atoms with van der Waals surface area (Å²) in [5, 5.41) is 6.57. The van der Waals surface area contributed by atoms with Gasteiger partial charge >= 0.3 is 0 Å². The normalized spacial score (nSPS) is 12.2. The quantitative estimate of drug-likeness (QED) is 0.255. The summed E-state index contributed by atoms with van der Waals surface area (Å²) in [6.07, 6.45) is 10.7. The van der Waals surface area contributed by atoms with Crippen LogP contribution in [-0.4, -0.2) is 54.0 Å². The highest BCUT2D eigenvalue weighted by Crippen LogP contribution is 2.10. The van der Waals surface area contributed by atoms with Crippen molar-refractivity contribution in [2.24, 2.45) is 4.99 Å². The van der Waals surface area contributed by atoms with Crippen molar-refractivity contribution in [2.75, 3.05) is 39.6 Å². The topological polar surface area (TPSA) is 79.8 Å².